The molecule has 0 aliphatic heterocycles. The van der Waals surface area contributed by atoms with E-state index in [9.17, 15) is 22.0 Å². The van der Waals surface area contributed by atoms with Crippen molar-refractivity contribution < 1.29 is 36.9 Å². The number of hydrogen-bond donors (Lipinski definition) is 3. The van der Waals surface area contributed by atoms with Gasteiger partial charge in [0, 0.05) is 7.11 Å². The van der Waals surface area contributed by atoms with E-state index in [1.165, 1.54) is 7.11 Å². The second-order valence-corrected chi connectivity index (χ2v) is 5.68. The quantitative estimate of drug-likeness (QED) is 0.648. The van der Waals surface area contributed by atoms with E-state index in [4.69, 9.17) is 10.2 Å². The molecule has 0 spiro atoms. The van der Waals surface area contributed by atoms with Gasteiger partial charge in [0.2, 0.25) is 10.0 Å². The Morgan fingerprint density at radius 2 is 2.05 bits per heavy atom. The van der Waals surface area contributed by atoms with Crippen LogP contribution in [0.1, 0.15) is 10.4 Å². The fourth-order valence-electron chi connectivity index (χ4n) is 1.55. The first kappa shape index (κ1) is 17.4. The SMILES string of the molecule is COCC(CO)NS(=O)(=O)c1ccc(F)c(C(=O)O)c1F. The van der Waals surface area contributed by atoms with Gasteiger partial charge in [0.05, 0.1) is 19.3 Å². The maximum atomic E-state index is 13.9. The third-order valence-corrected chi connectivity index (χ3v) is 4.01. The van der Waals surface area contributed by atoms with Gasteiger partial charge >= 0.3 is 5.97 Å². The summed E-state index contributed by atoms with van der Waals surface area (Å²) in [6, 6.07) is 0.0733. The summed E-state index contributed by atoms with van der Waals surface area (Å²) in [7, 11) is -3.23. The molecule has 1 rings (SSSR count). The van der Waals surface area contributed by atoms with Crippen LogP contribution in [0.25, 0.3) is 0 Å². The predicted octanol–water partition coefficient (Wildman–Crippen LogP) is -0.0514. The van der Waals surface area contributed by atoms with Crippen LogP contribution in [0.5, 0.6) is 0 Å². The second kappa shape index (κ2) is 6.89. The summed E-state index contributed by atoms with van der Waals surface area (Å²) in [4.78, 5) is 9.72. The highest BCUT2D eigenvalue weighted by molar-refractivity contribution is 7.89. The molecule has 1 aromatic carbocycles. The fraction of sp³-hybridized carbons (Fsp3) is 0.364. The number of methoxy groups -OCH3 is 1. The number of sulfonamides is 1. The number of aliphatic hydroxyl groups excluding tert-OH is 1. The lowest BCUT2D eigenvalue weighted by Gasteiger charge is -2.16. The summed E-state index contributed by atoms with van der Waals surface area (Å²) < 4.78 is 57.6. The van der Waals surface area contributed by atoms with Crippen LogP contribution in [0, 0.1) is 11.6 Å². The molecule has 0 aliphatic carbocycles. The van der Waals surface area contributed by atoms with E-state index < -0.39 is 50.7 Å². The van der Waals surface area contributed by atoms with E-state index in [0.29, 0.717) is 12.1 Å². The van der Waals surface area contributed by atoms with E-state index >= 15 is 0 Å². The number of carboxylic acids is 1. The Morgan fingerprint density at radius 3 is 2.52 bits per heavy atom. The standard InChI is InChI=1S/C11H13F2NO6S/c1-20-5-6(4-15)14-21(18,19)8-3-2-7(12)9(10(8)13)11(16)17/h2-3,6,14-15H,4-5H2,1H3,(H,16,17). The smallest absolute Gasteiger partial charge is 0.341 e. The van der Waals surface area contributed by atoms with Gasteiger partial charge in [-0.15, -0.1) is 0 Å². The molecule has 0 bridgehead atoms. The van der Waals surface area contributed by atoms with Crippen molar-refractivity contribution in [1.82, 2.24) is 4.72 Å². The lowest BCUT2D eigenvalue weighted by Crippen LogP contribution is -2.41. The van der Waals surface area contributed by atoms with Gasteiger partial charge in [-0.2, -0.15) is 0 Å². The number of benzene rings is 1. The molecule has 3 N–H and O–H groups in total. The van der Waals surface area contributed by atoms with E-state index in [1.54, 1.807) is 0 Å². The Hall–Kier alpha value is -1.62. The summed E-state index contributed by atoms with van der Waals surface area (Å²) in [6.45, 7) is -0.813. The van der Waals surface area contributed by atoms with E-state index in [-0.39, 0.29) is 6.61 Å². The van der Waals surface area contributed by atoms with Gasteiger partial charge in [-0.25, -0.2) is 26.7 Å². The van der Waals surface area contributed by atoms with Crippen molar-refractivity contribution in [3.63, 3.8) is 0 Å². The lowest BCUT2D eigenvalue weighted by atomic mass is 10.2. The van der Waals surface area contributed by atoms with Gasteiger partial charge in [0.15, 0.2) is 5.82 Å². The largest absolute Gasteiger partial charge is 0.477 e. The molecular formula is C11H13F2NO6S. The zero-order valence-corrected chi connectivity index (χ0v) is 11.7. The zero-order valence-electron chi connectivity index (χ0n) is 10.8. The highest BCUT2D eigenvalue weighted by Gasteiger charge is 2.28. The Balaban J connectivity index is 3.26. The molecule has 1 atom stereocenters. The topological polar surface area (TPSA) is 113 Å². The first-order chi connectivity index (χ1) is 9.74. The van der Waals surface area contributed by atoms with Gasteiger partial charge in [-0.05, 0) is 12.1 Å². The molecular weight excluding hydrogens is 312 g/mol. The minimum Gasteiger partial charge on any atom is -0.477 e. The highest BCUT2D eigenvalue weighted by Crippen LogP contribution is 2.21. The first-order valence-corrected chi connectivity index (χ1v) is 7.06. The number of halogens is 2. The van der Waals surface area contributed by atoms with Crippen molar-refractivity contribution >= 4 is 16.0 Å². The minimum atomic E-state index is -4.49. The summed E-state index contributed by atoms with van der Waals surface area (Å²) in [6.07, 6.45) is 0. The number of carboxylic acid groups (broad SMARTS) is 1. The zero-order chi connectivity index (χ0) is 16.2. The Bertz CT molecular complexity index is 634. The molecule has 1 aromatic rings. The number of rotatable bonds is 7. The average Bonchev–Trinajstić information content (AvgIpc) is 2.37. The lowest BCUT2D eigenvalue weighted by molar-refractivity contribution is 0.0685. The van der Waals surface area contributed by atoms with Gasteiger partial charge in [-0.1, -0.05) is 0 Å². The number of carbonyl (C=O) groups is 1. The molecule has 0 amide bonds. The average molecular weight is 325 g/mol. The summed E-state index contributed by atoms with van der Waals surface area (Å²) in [5.41, 5.74) is -1.37. The molecule has 0 saturated heterocycles. The van der Waals surface area contributed by atoms with Crippen LogP contribution in [-0.4, -0.2) is 51.0 Å². The number of aromatic carboxylic acids is 1. The molecule has 0 aromatic heterocycles. The molecule has 0 saturated carbocycles. The molecule has 1 unspecified atom stereocenters. The van der Waals surface area contributed by atoms with Crippen LogP contribution in [0.15, 0.2) is 17.0 Å². The molecule has 10 heteroatoms. The Labute approximate surface area is 119 Å². The normalized spacial score (nSPS) is 13.1. The van der Waals surface area contributed by atoms with Gasteiger partial charge in [0.1, 0.15) is 16.3 Å². The van der Waals surface area contributed by atoms with Crippen LogP contribution >= 0.6 is 0 Å². The first-order valence-electron chi connectivity index (χ1n) is 5.58. The summed E-state index contributed by atoms with van der Waals surface area (Å²) in [5, 5.41) is 17.7. The van der Waals surface area contributed by atoms with Crippen LogP contribution in [0.2, 0.25) is 0 Å². The van der Waals surface area contributed by atoms with Crippen LogP contribution in [0.4, 0.5) is 8.78 Å². The van der Waals surface area contributed by atoms with Crippen LogP contribution in [-0.2, 0) is 14.8 Å². The van der Waals surface area contributed by atoms with Crippen molar-refractivity contribution in [2.75, 3.05) is 20.3 Å². The van der Waals surface area contributed by atoms with Crippen molar-refractivity contribution in [2.24, 2.45) is 0 Å². The van der Waals surface area contributed by atoms with Crippen molar-refractivity contribution in [2.45, 2.75) is 10.9 Å². The monoisotopic (exact) mass is 325 g/mol. The second-order valence-electron chi connectivity index (χ2n) is 4.00. The highest BCUT2D eigenvalue weighted by atomic mass is 32.2. The number of hydrogen-bond acceptors (Lipinski definition) is 5. The predicted molar refractivity (Wildman–Crippen MR) is 66.4 cm³/mol. The van der Waals surface area contributed by atoms with Crippen LogP contribution in [0.3, 0.4) is 0 Å². The minimum absolute atomic E-state index is 0.190. The van der Waals surface area contributed by atoms with Crippen molar-refractivity contribution in [1.29, 1.82) is 0 Å². The van der Waals surface area contributed by atoms with Gasteiger partial charge in [0.25, 0.3) is 0 Å². The molecule has 21 heavy (non-hydrogen) atoms. The molecule has 118 valence electrons. The van der Waals surface area contributed by atoms with E-state index in [2.05, 4.69) is 4.74 Å². The third-order valence-electron chi connectivity index (χ3n) is 2.47. The molecule has 0 aliphatic rings. The number of nitrogens with one attached hydrogen (secondary N) is 1. The third kappa shape index (κ3) is 3.94. The summed E-state index contributed by atoms with van der Waals surface area (Å²) >= 11 is 0. The van der Waals surface area contributed by atoms with Crippen molar-refractivity contribution in [3.05, 3.63) is 29.3 Å². The molecule has 7 nitrogen and oxygen atoms in total. The summed E-state index contributed by atoms with van der Waals surface area (Å²) in [5.74, 6) is -5.05. The van der Waals surface area contributed by atoms with Gasteiger partial charge in [-0.3, -0.25) is 0 Å². The maximum absolute atomic E-state index is 13.9. The molecule has 0 radical (unpaired) electrons. The molecule has 0 fully saturated rings. The van der Waals surface area contributed by atoms with E-state index in [0.717, 1.165) is 0 Å². The Kier molecular flexibility index (Phi) is 5.72. The van der Waals surface area contributed by atoms with Crippen LogP contribution < -0.4 is 4.72 Å². The number of ether oxygens (including phenoxy) is 1. The Morgan fingerprint density at radius 1 is 1.43 bits per heavy atom. The van der Waals surface area contributed by atoms with Crippen molar-refractivity contribution in [3.8, 4) is 0 Å². The number of aliphatic hydroxyl groups is 1. The van der Waals surface area contributed by atoms with Gasteiger partial charge < -0.3 is 14.9 Å². The fourth-order valence-corrected chi connectivity index (χ4v) is 2.84. The molecule has 0 heterocycles. The van der Waals surface area contributed by atoms with E-state index in [1.807, 2.05) is 4.72 Å². The maximum Gasteiger partial charge on any atom is 0.341 e.